The predicted molar refractivity (Wildman–Crippen MR) is 69.7 cm³/mol. The molecule has 0 radical (unpaired) electrons. The van der Waals surface area contributed by atoms with Gasteiger partial charge in [-0.2, -0.15) is 0 Å². The summed E-state index contributed by atoms with van der Waals surface area (Å²) in [5, 5.41) is -1.43. The van der Waals surface area contributed by atoms with E-state index in [1.54, 1.807) is 0 Å². The molecule has 0 aliphatic carbocycles. The number of thiocarbonyl (C=S) groups is 1. The Labute approximate surface area is 118 Å². The van der Waals surface area contributed by atoms with E-state index in [1.165, 1.54) is 11.6 Å². The molecule has 20 heavy (non-hydrogen) atoms. The van der Waals surface area contributed by atoms with Crippen LogP contribution in [0.1, 0.15) is 13.3 Å². The average Bonchev–Trinajstić information content (AvgIpc) is 2.32. The first-order valence-corrected chi connectivity index (χ1v) is 7.21. The van der Waals surface area contributed by atoms with Crippen LogP contribution in [0.25, 0.3) is 0 Å². The van der Waals surface area contributed by atoms with Gasteiger partial charge in [-0.25, -0.2) is 26.0 Å². The highest BCUT2D eigenvalue weighted by Crippen LogP contribution is 2.26. The molecule has 10 heteroatoms. The Kier molecular flexibility index (Phi) is 4.92. The van der Waals surface area contributed by atoms with E-state index in [0.29, 0.717) is 0 Å². The van der Waals surface area contributed by atoms with Gasteiger partial charge in [0.05, 0.1) is 4.99 Å². The Morgan fingerprint density at radius 2 is 1.75 bits per heavy atom. The second kappa shape index (κ2) is 5.92. The van der Waals surface area contributed by atoms with Gasteiger partial charge in [0.25, 0.3) is 0 Å². The van der Waals surface area contributed by atoms with Gasteiger partial charge in [-0.15, -0.1) is 0 Å². The lowest BCUT2D eigenvalue weighted by Gasteiger charge is -2.17. The highest BCUT2D eigenvalue weighted by atomic mass is 32.2. The topological polar surface area (TPSA) is 72.2 Å². The van der Waals surface area contributed by atoms with E-state index in [-0.39, 0.29) is 12.5 Å². The van der Waals surface area contributed by atoms with Crippen LogP contribution < -0.4 is 10.5 Å². The summed E-state index contributed by atoms with van der Waals surface area (Å²) in [4.78, 5) is -0.433. The van der Waals surface area contributed by atoms with Crippen molar-refractivity contribution in [1.82, 2.24) is 0 Å². The Balaban J connectivity index is 3.33. The SMILES string of the molecule is CCC(C(N)=S)S(=O)(=O)Nc1c(F)c(F)cc(F)c1F. The third kappa shape index (κ3) is 3.18. The van der Waals surface area contributed by atoms with Gasteiger partial charge in [-0.05, 0) is 6.42 Å². The first-order chi connectivity index (χ1) is 9.11. The van der Waals surface area contributed by atoms with Crippen LogP contribution in [0, 0.1) is 23.3 Å². The lowest BCUT2D eigenvalue weighted by atomic mass is 10.3. The quantitative estimate of drug-likeness (QED) is 0.492. The summed E-state index contributed by atoms with van der Waals surface area (Å²) in [6.07, 6.45) is -0.0777. The third-order valence-electron chi connectivity index (χ3n) is 2.42. The lowest BCUT2D eigenvalue weighted by Crippen LogP contribution is -2.38. The van der Waals surface area contributed by atoms with E-state index in [2.05, 4.69) is 12.2 Å². The van der Waals surface area contributed by atoms with Crippen molar-refractivity contribution in [2.75, 3.05) is 4.72 Å². The van der Waals surface area contributed by atoms with Crippen molar-refractivity contribution >= 4 is 32.9 Å². The van der Waals surface area contributed by atoms with Gasteiger partial charge in [0.2, 0.25) is 10.0 Å². The van der Waals surface area contributed by atoms with Gasteiger partial charge in [-0.1, -0.05) is 19.1 Å². The molecule has 0 saturated heterocycles. The summed E-state index contributed by atoms with van der Waals surface area (Å²) in [7, 11) is -4.43. The zero-order valence-corrected chi connectivity index (χ0v) is 11.7. The van der Waals surface area contributed by atoms with Gasteiger partial charge in [0.15, 0.2) is 23.3 Å². The summed E-state index contributed by atoms with van der Waals surface area (Å²) in [5.74, 6) is -7.18. The molecule has 1 atom stereocenters. The summed E-state index contributed by atoms with van der Waals surface area (Å²) in [5.41, 5.74) is 3.75. The standard InChI is InChI=1S/C10H10F4N2O2S2/c1-2-6(10(15)19)20(17,18)16-9-7(13)4(11)3-5(12)8(9)14/h3,6,16H,2H2,1H3,(H2,15,19). The average molecular weight is 330 g/mol. The molecule has 0 heterocycles. The van der Waals surface area contributed by atoms with Crippen LogP contribution in [0.5, 0.6) is 0 Å². The lowest BCUT2D eigenvalue weighted by molar-refractivity contribution is 0.459. The van der Waals surface area contributed by atoms with E-state index in [4.69, 9.17) is 5.73 Å². The number of anilines is 1. The Bertz CT molecular complexity index is 623. The van der Waals surface area contributed by atoms with Gasteiger partial charge < -0.3 is 5.73 Å². The Hall–Kier alpha value is -1.42. The molecule has 0 saturated carbocycles. The molecule has 0 aromatic heterocycles. The van der Waals surface area contributed by atoms with Crippen molar-refractivity contribution in [1.29, 1.82) is 0 Å². The number of nitrogens with two attached hydrogens (primary N) is 1. The highest BCUT2D eigenvalue weighted by molar-refractivity contribution is 7.95. The second-order valence-corrected chi connectivity index (χ2v) is 6.12. The molecule has 1 aromatic rings. The molecule has 0 aliphatic rings. The van der Waals surface area contributed by atoms with Gasteiger partial charge >= 0.3 is 0 Å². The minimum Gasteiger partial charge on any atom is -0.392 e. The van der Waals surface area contributed by atoms with Crippen molar-refractivity contribution in [2.24, 2.45) is 5.73 Å². The van der Waals surface area contributed by atoms with Crippen molar-refractivity contribution in [2.45, 2.75) is 18.6 Å². The summed E-state index contributed by atoms with van der Waals surface area (Å²) in [6, 6.07) is -0.0344. The molecule has 0 bridgehead atoms. The zero-order chi connectivity index (χ0) is 15.7. The number of hydrogen-bond acceptors (Lipinski definition) is 3. The largest absolute Gasteiger partial charge is 0.392 e. The fraction of sp³-hybridized carbons (Fsp3) is 0.300. The predicted octanol–water partition coefficient (Wildman–Crippen LogP) is 2.05. The van der Waals surface area contributed by atoms with Crippen molar-refractivity contribution in [3.8, 4) is 0 Å². The Morgan fingerprint density at radius 1 is 1.30 bits per heavy atom. The molecule has 0 fully saturated rings. The molecule has 0 amide bonds. The van der Waals surface area contributed by atoms with Crippen LogP contribution in [0.4, 0.5) is 23.2 Å². The van der Waals surface area contributed by atoms with E-state index in [9.17, 15) is 26.0 Å². The molecule has 1 rings (SSSR count). The third-order valence-corrected chi connectivity index (χ3v) is 4.68. The molecule has 1 unspecified atom stereocenters. The molecular weight excluding hydrogens is 320 g/mol. The fourth-order valence-electron chi connectivity index (χ4n) is 1.45. The normalized spacial score (nSPS) is 13.1. The van der Waals surface area contributed by atoms with Crippen LogP contribution in [0.3, 0.4) is 0 Å². The summed E-state index contributed by atoms with van der Waals surface area (Å²) >= 11 is 4.52. The van der Waals surface area contributed by atoms with Gasteiger partial charge in [-0.3, -0.25) is 4.72 Å². The van der Waals surface area contributed by atoms with Crippen molar-refractivity contribution in [3.63, 3.8) is 0 Å². The molecule has 0 spiro atoms. The maximum absolute atomic E-state index is 13.4. The number of halogens is 4. The highest BCUT2D eigenvalue weighted by Gasteiger charge is 2.30. The van der Waals surface area contributed by atoms with Gasteiger partial charge in [0, 0.05) is 6.07 Å². The minimum atomic E-state index is -4.43. The van der Waals surface area contributed by atoms with Gasteiger partial charge in [0.1, 0.15) is 10.9 Å². The van der Waals surface area contributed by atoms with Crippen LogP contribution in [0.2, 0.25) is 0 Å². The zero-order valence-electron chi connectivity index (χ0n) is 10.1. The van der Waals surface area contributed by atoms with Crippen molar-refractivity contribution < 1.29 is 26.0 Å². The fourth-order valence-corrected chi connectivity index (χ4v) is 3.35. The minimum absolute atomic E-state index is 0.0344. The van der Waals surface area contributed by atoms with Crippen LogP contribution in [-0.4, -0.2) is 18.7 Å². The van der Waals surface area contributed by atoms with E-state index >= 15 is 0 Å². The van der Waals surface area contributed by atoms with E-state index < -0.39 is 49.2 Å². The number of hydrogen-bond donors (Lipinski definition) is 2. The smallest absolute Gasteiger partial charge is 0.242 e. The molecular formula is C10H10F4N2O2S2. The Morgan fingerprint density at radius 3 is 2.10 bits per heavy atom. The number of nitrogens with one attached hydrogen (secondary N) is 1. The van der Waals surface area contributed by atoms with E-state index in [0.717, 1.165) is 0 Å². The summed E-state index contributed by atoms with van der Waals surface area (Å²) < 4.78 is 77.8. The number of rotatable bonds is 5. The molecule has 1 aromatic carbocycles. The summed E-state index contributed by atoms with van der Waals surface area (Å²) in [6.45, 7) is 1.42. The van der Waals surface area contributed by atoms with Crippen LogP contribution in [0.15, 0.2) is 6.07 Å². The maximum atomic E-state index is 13.4. The number of sulfonamides is 1. The molecule has 0 aliphatic heterocycles. The van der Waals surface area contributed by atoms with Crippen molar-refractivity contribution in [3.05, 3.63) is 29.3 Å². The first-order valence-electron chi connectivity index (χ1n) is 5.25. The molecule has 112 valence electrons. The monoisotopic (exact) mass is 330 g/mol. The number of benzene rings is 1. The molecule has 3 N–H and O–H groups in total. The van der Waals surface area contributed by atoms with Crippen LogP contribution >= 0.6 is 12.2 Å². The van der Waals surface area contributed by atoms with Crippen LogP contribution in [-0.2, 0) is 10.0 Å². The molecule has 4 nitrogen and oxygen atoms in total. The maximum Gasteiger partial charge on any atom is 0.242 e. The second-order valence-electron chi connectivity index (χ2n) is 3.79. The first kappa shape index (κ1) is 16.6. The van der Waals surface area contributed by atoms with E-state index in [1.807, 2.05) is 0 Å².